The van der Waals surface area contributed by atoms with Crippen molar-refractivity contribution >= 4 is 17.5 Å². The minimum Gasteiger partial charge on any atom is -0.356 e. The Morgan fingerprint density at radius 3 is 2.12 bits per heavy atom. The number of alkyl halides is 3. The van der Waals surface area contributed by atoms with Crippen molar-refractivity contribution in [1.29, 1.82) is 0 Å². The van der Waals surface area contributed by atoms with E-state index in [1.54, 1.807) is 0 Å². The van der Waals surface area contributed by atoms with Crippen molar-refractivity contribution in [3.05, 3.63) is 29.8 Å². The maximum Gasteiger partial charge on any atom is 0.418 e. The minimum absolute atomic E-state index is 0.0000230. The second kappa shape index (κ2) is 8.56. The van der Waals surface area contributed by atoms with Gasteiger partial charge in [0, 0.05) is 18.4 Å². The lowest BCUT2D eigenvalue weighted by Crippen LogP contribution is -2.37. The molecular formula is C19H25F3N2O2. The van der Waals surface area contributed by atoms with Crippen LogP contribution in [0.3, 0.4) is 0 Å². The highest BCUT2D eigenvalue weighted by atomic mass is 19.4. The van der Waals surface area contributed by atoms with Crippen LogP contribution in [-0.2, 0) is 15.8 Å². The van der Waals surface area contributed by atoms with Crippen molar-refractivity contribution in [3.8, 4) is 0 Å². The van der Waals surface area contributed by atoms with Gasteiger partial charge in [-0.1, -0.05) is 26.0 Å². The van der Waals surface area contributed by atoms with Crippen LogP contribution in [0.2, 0.25) is 0 Å². The first kappa shape index (κ1) is 20.3. The van der Waals surface area contributed by atoms with Crippen molar-refractivity contribution in [3.63, 3.8) is 0 Å². The Hall–Kier alpha value is -2.05. The van der Waals surface area contributed by atoms with Gasteiger partial charge in [0.2, 0.25) is 11.8 Å². The smallest absolute Gasteiger partial charge is 0.356 e. The average molecular weight is 370 g/mol. The number of hydrogen-bond acceptors (Lipinski definition) is 2. The lowest BCUT2D eigenvalue weighted by atomic mass is 9.81. The van der Waals surface area contributed by atoms with Crippen molar-refractivity contribution in [1.82, 2.24) is 5.32 Å². The molecule has 0 aliphatic heterocycles. The summed E-state index contributed by atoms with van der Waals surface area (Å²) >= 11 is 0. The Labute approximate surface area is 151 Å². The van der Waals surface area contributed by atoms with Crippen molar-refractivity contribution in [2.45, 2.75) is 45.7 Å². The van der Waals surface area contributed by atoms with E-state index in [-0.39, 0.29) is 23.4 Å². The molecule has 1 aromatic carbocycles. The summed E-state index contributed by atoms with van der Waals surface area (Å²) in [6.07, 6.45) is -2.37. The van der Waals surface area contributed by atoms with Crippen LogP contribution in [0.15, 0.2) is 24.3 Å². The van der Waals surface area contributed by atoms with Crippen LogP contribution in [0, 0.1) is 17.8 Å². The SMILES string of the molecule is CC(C)CNC(=O)C1CCC(C(=O)Nc2ccccc2C(F)(F)F)CC1. The summed E-state index contributed by atoms with van der Waals surface area (Å²) in [5.41, 5.74) is -1.07. The molecule has 26 heavy (non-hydrogen) atoms. The Bertz CT molecular complexity index is 636. The van der Waals surface area contributed by atoms with E-state index in [1.807, 2.05) is 13.8 Å². The maximum absolute atomic E-state index is 13.0. The topological polar surface area (TPSA) is 58.2 Å². The molecule has 4 nitrogen and oxygen atoms in total. The van der Waals surface area contributed by atoms with Gasteiger partial charge in [-0.3, -0.25) is 9.59 Å². The summed E-state index contributed by atoms with van der Waals surface area (Å²) in [5, 5.41) is 5.31. The van der Waals surface area contributed by atoms with Gasteiger partial charge in [-0.15, -0.1) is 0 Å². The van der Waals surface area contributed by atoms with Crippen LogP contribution < -0.4 is 10.6 Å². The number of carbonyl (C=O) groups is 2. The van der Waals surface area contributed by atoms with Gasteiger partial charge in [-0.25, -0.2) is 0 Å². The zero-order chi connectivity index (χ0) is 19.3. The predicted molar refractivity (Wildman–Crippen MR) is 93.4 cm³/mol. The summed E-state index contributed by atoms with van der Waals surface area (Å²) in [5.74, 6) is -0.539. The van der Waals surface area contributed by atoms with Gasteiger partial charge in [-0.2, -0.15) is 13.2 Å². The molecule has 1 aromatic rings. The lowest BCUT2D eigenvalue weighted by molar-refractivity contribution is -0.137. The fourth-order valence-corrected chi connectivity index (χ4v) is 3.14. The molecule has 1 aliphatic rings. The zero-order valence-electron chi connectivity index (χ0n) is 15.0. The molecule has 2 rings (SSSR count). The van der Waals surface area contributed by atoms with E-state index in [9.17, 15) is 22.8 Å². The molecule has 2 N–H and O–H groups in total. The molecule has 0 spiro atoms. The molecule has 144 valence electrons. The molecule has 1 aliphatic carbocycles. The predicted octanol–water partition coefficient (Wildman–Crippen LogP) is 4.22. The highest BCUT2D eigenvalue weighted by molar-refractivity contribution is 5.93. The third-order valence-corrected chi connectivity index (χ3v) is 4.64. The van der Waals surface area contributed by atoms with Gasteiger partial charge in [0.15, 0.2) is 0 Å². The Kier molecular flexibility index (Phi) is 6.67. The Morgan fingerprint density at radius 1 is 1.04 bits per heavy atom. The number of carbonyl (C=O) groups excluding carboxylic acids is 2. The summed E-state index contributed by atoms with van der Waals surface area (Å²) in [4.78, 5) is 24.4. The van der Waals surface area contributed by atoms with Gasteiger partial charge < -0.3 is 10.6 Å². The molecule has 1 fully saturated rings. The number of hydrogen-bond donors (Lipinski definition) is 2. The molecule has 0 aromatic heterocycles. The number of benzene rings is 1. The van der Waals surface area contributed by atoms with E-state index in [0.717, 1.165) is 6.07 Å². The molecule has 0 unspecified atom stereocenters. The number of halogens is 3. The highest BCUT2D eigenvalue weighted by Gasteiger charge is 2.35. The monoisotopic (exact) mass is 370 g/mol. The Morgan fingerprint density at radius 2 is 1.58 bits per heavy atom. The fourth-order valence-electron chi connectivity index (χ4n) is 3.14. The van der Waals surface area contributed by atoms with Crippen LogP contribution in [-0.4, -0.2) is 18.4 Å². The van der Waals surface area contributed by atoms with Crippen LogP contribution in [0.25, 0.3) is 0 Å². The van der Waals surface area contributed by atoms with Crippen LogP contribution in [0.1, 0.15) is 45.1 Å². The molecule has 0 atom stereocenters. The second-order valence-electron chi connectivity index (χ2n) is 7.22. The Balaban J connectivity index is 1.91. The molecule has 1 saturated carbocycles. The molecule has 0 saturated heterocycles. The van der Waals surface area contributed by atoms with Crippen LogP contribution in [0.4, 0.5) is 18.9 Å². The van der Waals surface area contributed by atoms with Gasteiger partial charge in [0.25, 0.3) is 0 Å². The number of anilines is 1. The summed E-state index contributed by atoms with van der Waals surface area (Å²) < 4.78 is 39.0. The first-order valence-corrected chi connectivity index (χ1v) is 8.93. The second-order valence-corrected chi connectivity index (χ2v) is 7.22. The van der Waals surface area contributed by atoms with E-state index in [0.29, 0.717) is 38.1 Å². The number of para-hydroxylation sites is 1. The standard InChI is InChI=1S/C19H25F3N2O2/c1-12(2)11-23-17(25)13-7-9-14(10-8-13)18(26)24-16-6-4-3-5-15(16)19(20,21)22/h3-6,12-14H,7-11H2,1-2H3,(H,23,25)(H,24,26). The van der Waals surface area contributed by atoms with Crippen LogP contribution >= 0.6 is 0 Å². The van der Waals surface area contributed by atoms with E-state index in [2.05, 4.69) is 10.6 Å². The van der Waals surface area contributed by atoms with Crippen molar-refractivity contribution < 1.29 is 22.8 Å². The maximum atomic E-state index is 13.0. The largest absolute Gasteiger partial charge is 0.418 e. The summed E-state index contributed by atoms with van der Waals surface area (Å²) in [6, 6.07) is 4.96. The number of nitrogens with one attached hydrogen (secondary N) is 2. The van der Waals surface area contributed by atoms with Crippen molar-refractivity contribution in [2.75, 3.05) is 11.9 Å². The molecule has 7 heteroatoms. The van der Waals surface area contributed by atoms with Crippen LogP contribution in [0.5, 0.6) is 0 Å². The zero-order valence-corrected chi connectivity index (χ0v) is 15.0. The first-order valence-electron chi connectivity index (χ1n) is 8.93. The van der Waals surface area contributed by atoms with E-state index >= 15 is 0 Å². The molecule has 0 radical (unpaired) electrons. The third kappa shape index (κ3) is 5.47. The van der Waals surface area contributed by atoms with E-state index in [1.165, 1.54) is 18.2 Å². The van der Waals surface area contributed by atoms with Crippen molar-refractivity contribution in [2.24, 2.45) is 17.8 Å². The summed E-state index contributed by atoms with van der Waals surface area (Å²) in [7, 11) is 0. The molecule has 0 bridgehead atoms. The van der Waals surface area contributed by atoms with E-state index < -0.39 is 17.6 Å². The highest BCUT2D eigenvalue weighted by Crippen LogP contribution is 2.35. The van der Waals surface area contributed by atoms with Gasteiger partial charge in [0.1, 0.15) is 0 Å². The van der Waals surface area contributed by atoms with Gasteiger partial charge >= 0.3 is 6.18 Å². The molecule has 0 heterocycles. The summed E-state index contributed by atoms with van der Waals surface area (Å²) in [6.45, 7) is 4.65. The third-order valence-electron chi connectivity index (χ3n) is 4.64. The number of amides is 2. The minimum atomic E-state index is -4.52. The fraction of sp³-hybridized carbons (Fsp3) is 0.579. The first-order chi connectivity index (χ1) is 12.2. The van der Waals surface area contributed by atoms with Gasteiger partial charge in [-0.05, 0) is 43.7 Å². The molecular weight excluding hydrogens is 345 g/mol. The quantitative estimate of drug-likeness (QED) is 0.815. The molecule has 2 amide bonds. The van der Waals surface area contributed by atoms with Gasteiger partial charge in [0.05, 0.1) is 11.3 Å². The number of rotatable bonds is 5. The normalized spacial score (nSPS) is 20.7. The lowest BCUT2D eigenvalue weighted by Gasteiger charge is -2.27. The average Bonchev–Trinajstić information content (AvgIpc) is 2.59. The van der Waals surface area contributed by atoms with E-state index in [4.69, 9.17) is 0 Å².